The predicted octanol–water partition coefficient (Wildman–Crippen LogP) is 0.563. The molecule has 106 valence electrons. The molecule has 0 aromatic carbocycles. The Bertz CT molecular complexity index is 247. The number of likely N-dealkylation sites (tertiary alicyclic amines) is 1. The first kappa shape index (κ1) is 15.4. The van der Waals surface area contributed by atoms with E-state index in [2.05, 4.69) is 29.3 Å². The predicted molar refractivity (Wildman–Crippen MR) is 73.9 cm³/mol. The number of rotatable bonds is 7. The number of carbonyl (C=O) groups excluding carboxylic acids is 1. The number of hydrazine groups is 1. The maximum Gasteiger partial charge on any atom is 0.233 e. The molecule has 5 nitrogen and oxygen atoms in total. The number of hydrogen-bond acceptors (Lipinski definition) is 4. The minimum atomic E-state index is -0.0581. The van der Waals surface area contributed by atoms with Crippen LogP contribution in [0.15, 0.2) is 0 Å². The molecule has 1 atom stereocenters. The van der Waals surface area contributed by atoms with Gasteiger partial charge in [-0.1, -0.05) is 6.42 Å². The molecule has 3 N–H and O–H groups in total. The number of nitrogens with one attached hydrogen (secondary N) is 1. The Labute approximate surface area is 111 Å². The Balaban J connectivity index is 2.05. The van der Waals surface area contributed by atoms with Gasteiger partial charge in [-0.25, -0.2) is 5.84 Å². The molecule has 18 heavy (non-hydrogen) atoms. The van der Waals surface area contributed by atoms with Crippen LogP contribution < -0.4 is 11.3 Å². The number of unbranched alkanes of at least 4 members (excludes halogenated alkanes) is 2. The van der Waals surface area contributed by atoms with Crippen LogP contribution in [-0.4, -0.2) is 55.5 Å². The highest BCUT2D eigenvalue weighted by Gasteiger charge is 2.20. The van der Waals surface area contributed by atoms with Gasteiger partial charge in [0.1, 0.15) is 0 Å². The first-order valence-electron chi connectivity index (χ1n) is 7.01. The lowest BCUT2D eigenvalue weighted by Crippen LogP contribution is -2.45. The van der Waals surface area contributed by atoms with Gasteiger partial charge in [0, 0.05) is 19.0 Å². The van der Waals surface area contributed by atoms with E-state index in [0.717, 1.165) is 25.8 Å². The maximum atomic E-state index is 10.9. The summed E-state index contributed by atoms with van der Waals surface area (Å²) >= 11 is 0. The van der Waals surface area contributed by atoms with Gasteiger partial charge in [0.2, 0.25) is 5.91 Å². The highest BCUT2D eigenvalue weighted by atomic mass is 16.2. The lowest BCUT2D eigenvalue weighted by atomic mass is 10.0. The Morgan fingerprint density at radius 1 is 1.44 bits per heavy atom. The summed E-state index contributed by atoms with van der Waals surface area (Å²) in [6, 6.07) is 0.705. The third-order valence-corrected chi connectivity index (χ3v) is 3.80. The van der Waals surface area contributed by atoms with Gasteiger partial charge in [0.25, 0.3) is 0 Å². The third-order valence-electron chi connectivity index (χ3n) is 3.80. The van der Waals surface area contributed by atoms with Gasteiger partial charge in [-0.05, 0) is 52.9 Å². The van der Waals surface area contributed by atoms with Crippen molar-refractivity contribution in [3.05, 3.63) is 0 Å². The Morgan fingerprint density at radius 3 is 2.89 bits per heavy atom. The normalized spacial score (nSPS) is 21.2. The van der Waals surface area contributed by atoms with Gasteiger partial charge in [-0.2, -0.15) is 0 Å². The van der Waals surface area contributed by atoms with E-state index in [0.29, 0.717) is 12.5 Å². The topological polar surface area (TPSA) is 61.6 Å². The van der Waals surface area contributed by atoms with Crippen LogP contribution in [-0.2, 0) is 4.79 Å². The fourth-order valence-corrected chi connectivity index (χ4v) is 2.58. The summed E-state index contributed by atoms with van der Waals surface area (Å²) in [6.07, 6.45) is 6.36. The lowest BCUT2D eigenvalue weighted by Gasteiger charge is -2.35. The van der Waals surface area contributed by atoms with E-state index >= 15 is 0 Å². The van der Waals surface area contributed by atoms with Crippen LogP contribution in [0.5, 0.6) is 0 Å². The highest BCUT2D eigenvalue weighted by Crippen LogP contribution is 2.14. The summed E-state index contributed by atoms with van der Waals surface area (Å²) < 4.78 is 0. The minimum Gasteiger partial charge on any atom is -0.305 e. The molecule has 0 spiro atoms. The van der Waals surface area contributed by atoms with Crippen LogP contribution >= 0.6 is 0 Å². The monoisotopic (exact) mass is 256 g/mol. The van der Waals surface area contributed by atoms with Gasteiger partial charge in [0.05, 0.1) is 0 Å². The zero-order valence-corrected chi connectivity index (χ0v) is 11.8. The van der Waals surface area contributed by atoms with Crippen LogP contribution in [0, 0.1) is 0 Å². The van der Waals surface area contributed by atoms with Crippen molar-refractivity contribution in [3.8, 4) is 0 Å². The third kappa shape index (κ3) is 5.80. The van der Waals surface area contributed by atoms with Crippen molar-refractivity contribution in [2.45, 2.75) is 44.6 Å². The Hall–Kier alpha value is -0.650. The molecule has 1 aliphatic heterocycles. The first-order chi connectivity index (χ1) is 8.63. The van der Waals surface area contributed by atoms with Crippen LogP contribution in [0.2, 0.25) is 0 Å². The number of amides is 1. The number of likely N-dealkylation sites (N-methyl/N-ethyl adjacent to an activating group) is 2. The molecule has 0 aliphatic carbocycles. The summed E-state index contributed by atoms with van der Waals surface area (Å²) in [4.78, 5) is 15.8. The highest BCUT2D eigenvalue weighted by molar-refractivity contribution is 5.74. The second kappa shape index (κ2) is 8.45. The molecule has 0 aromatic rings. The first-order valence-corrected chi connectivity index (χ1v) is 7.01. The summed E-state index contributed by atoms with van der Waals surface area (Å²) in [7, 11) is 4.42. The molecule has 1 aliphatic rings. The van der Waals surface area contributed by atoms with Crippen molar-refractivity contribution >= 4 is 5.91 Å². The van der Waals surface area contributed by atoms with E-state index in [9.17, 15) is 4.79 Å². The lowest BCUT2D eigenvalue weighted by molar-refractivity contribution is -0.121. The van der Waals surface area contributed by atoms with Crippen molar-refractivity contribution in [1.29, 1.82) is 0 Å². The van der Waals surface area contributed by atoms with Crippen molar-refractivity contribution < 1.29 is 4.79 Å². The van der Waals surface area contributed by atoms with Gasteiger partial charge in [0.15, 0.2) is 0 Å². The van der Waals surface area contributed by atoms with Crippen molar-refractivity contribution in [2.24, 2.45) is 5.84 Å². The van der Waals surface area contributed by atoms with E-state index in [1.165, 1.54) is 25.9 Å². The largest absolute Gasteiger partial charge is 0.305 e. The molecule has 1 unspecified atom stereocenters. The van der Waals surface area contributed by atoms with E-state index in [-0.39, 0.29) is 5.91 Å². The number of carbonyl (C=O) groups is 1. The summed E-state index contributed by atoms with van der Waals surface area (Å²) in [5, 5.41) is 0. The summed E-state index contributed by atoms with van der Waals surface area (Å²) in [6.45, 7) is 3.55. The van der Waals surface area contributed by atoms with Crippen molar-refractivity contribution in [3.63, 3.8) is 0 Å². The van der Waals surface area contributed by atoms with Crippen molar-refractivity contribution in [2.75, 3.05) is 33.7 Å². The molecule has 1 heterocycles. The summed E-state index contributed by atoms with van der Waals surface area (Å²) in [5.74, 6) is 4.98. The molecular formula is C13H28N4O. The number of nitrogens with zero attached hydrogens (tertiary/aromatic N) is 2. The molecule has 1 fully saturated rings. The van der Waals surface area contributed by atoms with E-state index in [1.807, 2.05) is 0 Å². The number of piperidine rings is 1. The fourth-order valence-electron chi connectivity index (χ4n) is 2.58. The molecule has 0 bridgehead atoms. The average molecular weight is 256 g/mol. The second-order valence-electron chi connectivity index (χ2n) is 5.42. The van der Waals surface area contributed by atoms with E-state index < -0.39 is 0 Å². The van der Waals surface area contributed by atoms with Gasteiger partial charge in [-0.3, -0.25) is 10.2 Å². The van der Waals surface area contributed by atoms with Crippen LogP contribution in [0.3, 0.4) is 0 Å². The van der Waals surface area contributed by atoms with Gasteiger partial charge in [-0.15, -0.1) is 0 Å². The van der Waals surface area contributed by atoms with E-state index in [1.54, 1.807) is 0 Å². The molecule has 5 heteroatoms. The van der Waals surface area contributed by atoms with Gasteiger partial charge >= 0.3 is 0 Å². The Kier molecular flexibility index (Phi) is 7.23. The molecule has 1 saturated heterocycles. The minimum absolute atomic E-state index is 0.0581. The van der Waals surface area contributed by atoms with Gasteiger partial charge < -0.3 is 9.80 Å². The quantitative estimate of drug-likeness (QED) is 0.302. The second-order valence-corrected chi connectivity index (χ2v) is 5.42. The maximum absolute atomic E-state index is 10.9. The summed E-state index contributed by atoms with van der Waals surface area (Å²) in [5.41, 5.74) is 2.17. The van der Waals surface area contributed by atoms with Crippen LogP contribution in [0.1, 0.15) is 38.5 Å². The fraction of sp³-hybridized carbons (Fsp3) is 0.923. The SMILES string of the molecule is CN1CCCC(N(C)CCCCCC(=O)NN)C1. The molecule has 1 rings (SSSR count). The van der Waals surface area contributed by atoms with Crippen molar-refractivity contribution in [1.82, 2.24) is 15.2 Å². The average Bonchev–Trinajstić information content (AvgIpc) is 2.37. The van der Waals surface area contributed by atoms with Crippen LogP contribution in [0.4, 0.5) is 0 Å². The zero-order valence-electron chi connectivity index (χ0n) is 11.8. The Morgan fingerprint density at radius 2 is 2.22 bits per heavy atom. The molecular weight excluding hydrogens is 228 g/mol. The molecule has 0 aromatic heterocycles. The van der Waals surface area contributed by atoms with E-state index in [4.69, 9.17) is 5.84 Å². The smallest absolute Gasteiger partial charge is 0.233 e. The number of hydrogen-bond donors (Lipinski definition) is 2. The molecule has 1 amide bonds. The standard InChI is InChI=1S/C13H28N4O/c1-16-9-6-7-12(11-16)17(2)10-5-3-4-8-13(18)15-14/h12H,3-11,14H2,1-2H3,(H,15,18). The van der Waals surface area contributed by atoms with Crippen LogP contribution in [0.25, 0.3) is 0 Å². The molecule has 0 radical (unpaired) electrons. The zero-order chi connectivity index (χ0) is 13.4. The number of nitrogens with two attached hydrogens (primary N) is 1. The molecule has 0 saturated carbocycles.